The summed E-state index contributed by atoms with van der Waals surface area (Å²) in [5, 5.41) is 21.0. The highest BCUT2D eigenvalue weighted by atomic mass is 19.3. The fourth-order valence-corrected chi connectivity index (χ4v) is 8.25. The van der Waals surface area contributed by atoms with E-state index in [0.717, 1.165) is 63.0 Å². The van der Waals surface area contributed by atoms with Gasteiger partial charge in [0.15, 0.2) is 5.75 Å². The third kappa shape index (κ3) is 21.4. The van der Waals surface area contributed by atoms with E-state index in [0.29, 0.717) is 108 Å². The van der Waals surface area contributed by atoms with Crippen LogP contribution in [0, 0.1) is 40.4 Å². The van der Waals surface area contributed by atoms with Gasteiger partial charge in [0, 0.05) is 62.6 Å². The number of nitrogens with zero attached hydrogens (tertiary/aromatic N) is 4. The molecule has 1 saturated heterocycles. The largest absolute Gasteiger partial charge is 0.488 e. The molecule has 3 aliphatic rings. The summed E-state index contributed by atoms with van der Waals surface area (Å²) in [6.45, 7) is 22.7. The van der Waals surface area contributed by atoms with Crippen LogP contribution in [-0.2, 0) is 23.7 Å². The van der Waals surface area contributed by atoms with E-state index >= 15 is 0 Å². The lowest BCUT2D eigenvalue weighted by Gasteiger charge is -2.53. The molecule has 1 spiro atoms. The Kier molecular flexibility index (Phi) is 28.1. The summed E-state index contributed by atoms with van der Waals surface area (Å²) < 4.78 is 52.1. The monoisotopic (exact) mass is 927 g/mol. The average Bonchev–Trinajstić information content (AvgIpc) is 3.31. The maximum absolute atomic E-state index is 12.4. The summed E-state index contributed by atoms with van der Waals surface area (Å²) in [6.07, 6.45) is 15.7. The van der Waals surface area contributed by atoms with Crippen LogP contribution < -0.4 is 20.7 Å². The van der Waals surface area contributed by atoms with Gasteiger partial charge in [-0.1, -0.05) is 63.6 Å². The number of carbonyl (C=O) groups excluding carboxylic acids is 1. The van der Waals surface area contributed by atoms with Crippen molar-refractivity contribution in [3.8, 4) is 18.1 Å². The predicted molar refractivity (Wildman–Crippen MR) is 259 cm³/mol. The van der Waals surface area contributed by atoms with Gasteiger partial charge < -0.3 is 49.3 Å². The van der Waals surface area contributed by atoms with Gasteiger partial charge in [0.05, 0.1) is 64.5 Å². The first-order chi connectivity index (χ1) is 31.8. The molecular formula is C50H80F2N8O6. The maximum atomic E-state index is 12.4. The van der Waals surface area contributed by atoms with Gasteiger partial charge in [-0.3, -0.25) is 10.8 Å². The number of halogens is 2. The molecule has 66 heavy (non-hydrogen) atoms. The molecule has 2 unspecified atom stereocenters. The molecule has 2 aromatic rings. The zero-order chi connectivity index (χ0) is 48.8. The number of amidine groups is 2. The minimum absolute atomic E-state index is 0.0308. The van der Waals surface area contributed by atoms with Crippen molar-refractivity contribution >= 4 is 24.4 Å². The van der Waals surface area contributed by atoms with Crippen molar-refractivity contribution in [3.05, 3.63) is 60.6 Å². The first-order valence-corrected chi connectivity index (χ1v) is 23.6. The molecule has 0 bridgehead atoms. The Balaban J connectivity index is 0.00000100. The molecule has 3 fully saturated rings. The highest BCUT2D eigenvalue weighted by Gasteiger charge is 2.49. The lowest BCUT2D eigenvalue weighted by molar-refractivity contribution is -0.0980. The minimum atomic E-state index is -2.34. The Bertz CT molecular complexity index is 1680. The number of piperidine rings is 1. The third-order valence-corrected chi connectivity index (χ3v) is 11.9. The number of hydrogen-bond donors (Lipinski definition) is 4. The number of aromatic nitrogens is 2. The number of ether oxygens (including phenoxy) is 5. The summed E-state index contributed by atoms with van der Waals surface area (Å²) in [7, 11) is 0. The summed E-state index contributed by atoms with van der Waals surface area (Å²) in [5.41, 5.74) is 8.62. The molecule has 2 atom stereocenters. The van der Waals surface area contributed by atoms with Crippen LogP contribution in [0.3, 0.4) is 0 Å². The van der Waals surface area contributed by atoms with Crippen molar-refractivity contribution in [2.45, 2.75) is 117 Å². The Hall–Kier alpha value is -4.53. The third-order valence-electron chi connectivity index (χ3n) is 11.9. The normalized spacial score (nSPS) is 17.1. The van der Waals surface area contributed by atoms with Crippen LogP contribution in [-0.4, -0.2) is 124 Å². The zero-order valence-corrected chi connectivity index (χ0v) is 40.5. The molecule has 0 amide bonds. The highest BCUT2D eigenvalue weighted by Crippen LogP contribution is 2.53. The number of anilines is 1. The predicted octanol–water partition coefficient (Wildman–Crippen LogP) is 8.47. The quantitative estimate of drug-likeness (QED) is 0.0342. The molecule has 16 heteroatoms. The maximum Gasteiger partial charge on any atom is 0.248 e. The Morgan fingerprint density at radius 1 is 0.939 bits per heavy atom. The topological polar surface area (TPSA) is 181 Å². The lowest BCUT2D eigenvalue weighted by Crippen LogP contribution is -2.54. The van der Waals surface area contributed by atoms with Gasteiger partial charge in [-0.2, -0.15) is 0 Å². The van der Waals surface area contributed by atoms with Crippen LogP contribution in [0.4, 0.5) is 14.7 Å². The molecule has 2 saturated carbocycles. The standard InChI is InChI=1S/C40H60N8O5.C7H12F2.C2H6.CH2O/c1-5-17-49-18-19-50-20-21-51-22-23-52-24-25-53-36-29-45-39(46-30-36)47-15-12-40(13-16-47)27-35(28-40)38(43)48(33(4)41)32(3)26-31(2)44-14-11-37(42)34-9-7-6-8-10-34;1-6-2-4-7(8,9)5-3-6;2*1-2/h1,6-10,29-30,32,35,37,41,43-44H,2,11-28,42H2,3-4H3;6H,2-5H2,1H3;1-2H3;1H2. The fraction of sp³-hybridized carbons (Fsp3) is 0.660. The van der Waals surface area contributed by atoms with E-state index in [9.17, 15) is 8.78 Å². The van der Waals surface area contributed by atoms with E-state index in [4.69, 9.17) is 51.5 Å². The molecule has 1 aromatic heterocycles. The van der Waals surface area contributed by atoms with Crippen LogP contribution in [0.15, 0.2) is 55.0 Å². The van der Waals surface area contributed by atoms with Crippen molar-refractivity contribution < 1.29 is 37.3 Å². The van der Waals surface area contributed by atoms with E-state index in [2.05, 4.69) is 51.7 Å². The number of hydrogen-bond acceptors (Lipinski definition) is 13. The number of rotatable bonds is 24. The van der Waals surface area contributed by atoms with Crippen LogP contribution in [0.2, 0.25) is 0 Å². The number of carbonyl (C=O) groups is 1. The molecule has 14 nitrogen and oxygen atoms in total. The summed E-state index contributed by atoms with van der Waals surface area (Å²) in [5.74, 6) is 3.02. The first-order valence-electron chi connectivity index (χ1n) is 23.6. The molecule has 0 radical (unpaired) electrons. The minimum Gasteiger partial charge on any atom is -0.488 e. The van der Waals surface area contributed by atoms with Crippen molar-refractivity contribution in [3.63, 3.8) is 0 Å². The van der Waals surface area contributed by atoms with Crippen LogP contribution >= 0.6 is 0 Å². The van der Waals surface area contributed by atoms with E-state index in [1.165, 1.54) is 0 Å². The highest BCUT2D eigenvalue weighted by molar-refractivity contribution is 5.98. The molecule has 1 aliphatic heterocycles. The Morgan fingerprint density at radius 3 is 1.98 bits per heavy atom. The van der Waals surface area contributed by atoms with Gasteiger partial charge in [0.2, 0.25) is 11.9 Å². The van der Waals surface area contributed by atoms with Crippen molar-refractivity contribution in [1.82, 2.24) is 20.2 Å². The second-order valence-corrected chi connectivity index (χ2v) is 17.0. The number of alkyl halides is 2. The van der Waals surface area contributed by atoms with Gasteiger partial charge in [0.25, 0.3) is 0 Å². The molecule has 2 aliphatic carbocycles. The smallest absolute Gasteiger partial charge is 0.248 e. The lowest BCUT2D eigenvalue weighted by atomic mass is 9.57. The summed E-state index contributed by atoms with van der Waals surface area (Å²) in [4.78, 5) is 21.2. The number of terminal acetylenes is 1. The van der Waals surface area contributed by atoms with Gasteiger partial charge >= 0.3 is 0 Å². The Labute approximate surface area is 394 Å². The van der Waals surface area contributed by atoms with Gasteiger partial charge in [-0.15, -0.1) is 6.42 Å². The Morgan fingerprint density at radius 2 is 1.47 bits per heavy atom. The second kappa shape index (κ2) is 32.2. The van der Waals surface area contributed by atoms with Crippen molar-refractivity contribution in [2.24, 2.45) is 23.0 Å². The first kappa shape index (κ1) is 57.6. The fourth-order valence-electron chi connectivity index (χ4n) is 8.25. The molecule has 5 rings (SSSR count). The van der Waals surface area contributed by atoms with E-state index in [1.807, 2.05) is 50.7 Å². The second-order valence-electron chi connectivity index (χ2n) is 17.0. The van der Waals surface area contributed by atoms with Crippen LogP contribution in [0.5, 0.6) is 5.75 Å². The van der Waals surface area contributed by atoms with E-state index in [1.54, 1.807) is 19.3 Å². The van der Waals surface area contributed by atoms with Gasteiger partial charge in [-0.25, -0.2) is 18.7 Å². The van der Waals surface area contributed by atoms with Crippen LogP contribution in [0.1, 0.15) is 110 Å². The zero-order valence-electron chi connectivity index (χ0n) is 40.5. The average molecular weight is 927 g/mol. The SMILES string of the molecule is C#CCOCCOCCOCCOCCOc1cnc(N2CCC3(CC2)CC(C(=N)N(C(C)=N)C(C)CC(=C)NCCC(N)c2ccccc2)C3)nc1.C=O.CC.CC1CCC(F)(F)CC1. The van der Waals surface area contributed by atoms with Crippen molar-refractivity contribution in [1.29, 1.82) is 10.8 Å². The molecule has 370 valence electrons. The molecule has 2 heterocycles. The summed E-state index contributed by atoms with van der Waals surface area (Å²) >= 11 is 0. The number of benzene rings is 1. The van der Waals surface area contributed by atoms with E-state index in [-0.39, 0.29) is 36.3 Å². The molecule has 1 aromatic carbocycles. The van der Waals surface area contributed by atoms with Gasteiger partial charge in [-0.05, 0) is 75.7 Å². The summed E-state index contributed by atoms with van der Waals surface area (Å²) in [6, 6.07) is 10.0. The molecule has 5 N–H and O–H groups in total. The van der Waals surface area contributed by atoms with Gasteiger partial charge in [0.1, 0.15) is 25.8 Å². The van der Waals surface area contributed by atoms with Crippen LogP contribution in [0.25, 0.3) is 0 Å². The number of nitrogens with two attached hydrogens (primary N) is 1. The molecular weight excluding hydrogens is 847 g/mol. The van der Waals surface area contributed by atoms with E-state index < -0.39 is 5.92 Å². The van der Waals surface area contributed by atoms with Crippen molar-refractivity contribution in [2.75, 3.05) is 84.0 Å². The number of nitrogens with one attached hydrogen (secondary N) is 3.